The van der Waals surface area contributed by atoms with Crippen molar-refractivity contribution in [1.29, 1.82) is 0 Å². The Morgan fingerprint density at radius 3 is 2.24 bits per heavy atom. The molecule has 0 unspecified atom stereocenters. The van der Waals surface area contributed by atoms with Gasteiger partial charge in [0.25, 0.3) is 0 Å². The highest BCUT2D eigenvalue weighted by Gasteiger charge is 2.39. The van der Waals surface area contributed by atoms with E-state index in [1.165, 1.54) is 5.56 Å². The number of hydrogen-bond acceptors (Lipinski definition) is 7. The lowest BCUT2D eigenvalue weighted by molar-refractivity contribution is -0.276. The van der Waals surface area contributed by atoms with Crippen LogP contribution in [0.2, 0.25) is 0 Å². The first-order valence-electron chi connectivity index (χ1n) is 17.2. The van der Waals surface area contributed by atoms with Gasteiger partial charge >= 0.3 is 6.09 Å². The van der Waals surface area contributed by atoms with Crippen molar-refractivity contribution in [2.75, 3.05) is 39.3 Å². The normalized spacial score (nSPS) is 21.6. The number of aliphatic hydroxyl groups is 1. The van der Waals surface area contributed by atoms with Crippen molar-refractivity contribution < 1.29 is 24.1 Å². The molecule has 4 aromatic rings. The van der Waals surface area contributed by atoms with Gasteiger partial charge in [-0.15, -0.1) is 0 Å². The third-order valence-electron chi connectivity index (χ3n) is 9.54. The number of piperazine rings is 1. The van der Waals surface area contributed by atoms with E-state index >= 15 is 0 Å². The third-order valence-corrected chi connectivity index (χ3v) is 9.54. The lowest BCUT2D eigenvalue weighted by Gasteiger charge is -2.44. The first-order chi connectivity index (χ1) is 24.0. The summed E-state index contributed by atoms with van der Waals surface area (Å²) in [4.78, 5) is 17.1. The first-order valence-corrected chi connectivity index (χ1v) is 17.2. The summed E-state index contributed by atoms with van der Waals surface area (Å²) < 4.78 is 18.6. The molecule has 1 amide bonds. The number of benzene rings is 4. The maximum atomic E-state index is 12.0. The summed E-state index contributed by atoms with van der Waals surface area (Å²) in [5, 5.41) is 12.4. The van der Waals surface area contributed by atoms with Crippen molar-refractivity contribution in [3.05, 3.63) is 144 Å². The summed E-state index contributed by atoms with van der Waals surface area (Å²) in [6.45, 7) is 12.2. The van der Waals surface area contributed by atoms with Crippen LogP contribution in [0.1, 0.15) is 47.1 Å². The highest BCUT2D eigenvalue weighted by molar-refractivity contribution is 5.70. The van der Waals surface area contributed by atoms with Gasteiger partial charge in [-0.1, -0.05) is 123 Å². The van der Waals surface area contributed by atoms with Crippen molar-refractivity contribution >= 4 is 6.09 Å². The van der Waals surface area contributed by atoms with Crippen molar-refractivity contribution in [3.8, 4) is 11.1 Å². The topological polar surface area (TPSA) is 83.5 Å². The number of carbonyl (C=O) groups excluding carboxylic acids is 1. The molecule has 0 bridgehead atoms. The molecule has 49 heavy (non-hydrogen) atoms. The Morgan fingerprint density at radius 2 is 1.53 bits per heavy atom. The molecule has 8 heteroatoms. The molecule has 2 heterocycles. The second kappa shape index (κ2) is 16.9. The smallest absolute Gasteiger partial charge is 0.407 e. The van der Waals surface area contributed by atoms with Gasteiger partial charge in [0.2, 0.25) is 0 Å². The molecule has 0 aliphatic carbocycles. The Morgan fingerprint density at radius 1 is 0.857 bits per heavy atom. The molecular formula is C41H47N3O5. The summed E-state index contributed by atoms with van der Waals surface area (Å²) in [6.07, 6.45) is 0.335. The molecule has 256 valence electrons. The summed E-state index contributed by atoms with van der Waals surface area (Å²) in [7, 11) is 0. The number of nitrogens with one attached hydrogen (secondary N) is 1. The number of carbonyl (C=O) groups is 1. The predicted octanol–water partition coefficient (Wildman–Crippen LogP) is 6.87. The number of aliphatic hydroxyl groups excluding tert-OH is 1. The minimum absolute atomic E-state index is 0.0108. The summed E-state index contributed by atoms with van der Waals surface area (Å²) >= 11 is 0. The number of rotatable bonds is 12. The van der Waals surface area contributed by atoms with Crippen LogP contribution in [0.15, 0.2) is 116 Å². The molecular weight excluding hydrogens is 614 g/mol. The minimum Gasteiger partial charge on any atom is -0.445 e. The van der Waals surface area contributed by atoms with E-state index in [-0.39, 0.29) is 31.3 Å². The van der Waals surface area contributed by atoms with E-state index in [1.54, 1.807) is 6.08 Å². The average molecular weight is 662 g/mol. The third kappa shape index (κ3) is 9.03. The van der Waals surface area contributed by atoms with Gasteiger partial charge in [0.1, 0.15) is 6.61 Å². The van der Waals surface area contributed by atoms with Crippen molar-refractivity contribution in [2.45, 2.75) is 45.1 Å². The van der Waals surface area contributed by atoms with Crippen molar-refractivity contribution in [2.24, 2.45) is 5.92 Å². The Labute approximate surface area is 289 Å². The maximum Gasteiger partial charge on any atom is 0.407 e. The minimum atomic E-state index is -0.534. The van der Waals surface area contributed by atoms with Crippen LogP contribution in [0.5, 0.6) is 0 Å². The highest BCUT2D eigenvalue weighted by Crippen LogP contribution is 2.42. The number of nitrogens with zero attached hydrogens (tertiary/aromatic N) is 2. The van der Waals surface area contributed by atoms with Crippen LogP contribution in [-0.2, 0) is 33.9 Å². The number of ether oxygens (including phenoxy) is 3. The van der Waals surface area contributed by atoms with E-state index in [2.05, 4.69) is 101 Å². The first kappa shape index (κ1) is 34.5. The van der Waals surface area contributed by atoms with Crippen LogP contribution in [0.4, 0.5) is 4.79 Å². The standard InChI is InChI=1S/C41H47N3O5/c1-3-25-47-41(46)42-26-36-11-7-8-12-37(36)33-17-19-35(20-18-33)40-48-38(30(2)39(49-40)34-15-13-32(29-45)14-16-34)28-44-23-21-43(22-24-44)27-31-9-5-4-6-10-31/h3-20,30,38-40,45H,1,21-29H2,2H3,(H,42,46)/t30-,38+,39+,40+/m0/s1. The molecule has 6 rings (SSSR count). The van der Waals surface area contributed by atoms with E-state index < -0.39 is 12.4 Å². The molecule has 2 fully saturated rings. The molecule has 2 saturated heterocycles. The summed E-state index contributed by atoms with van der Waals surface area (Å²) in [6, 6.07) is 35.1. The van der Waals surface area contributed by atoms with Gasteiger partial charge in [-0.25, -0.2) is 4.79 Å². The van der Waals surface area contributed by atoms with Gasteiger partial charge in [-0.05, 0) is 33.4 Å². The van der Waals surface area contributed by atoms with Crippen molar-refractivity contribution in [3.63, 3.8) is 0 Å². The van der Waals surface area contributed by atoms with E-state index in [0.717, 1.165) is 72.6 Å². The van der Waals surface area contributed by atoms with Gasteiger partial charge < -0.3 is 24.6 Å². The molecule has 4 aromatic carbocycles. The lowest BCUT2D eigenvalue weighted by atomic mass is 9.89. The SMILES string of the molecule is C=CCOC(=O)NCc1ccccc1-c1ccc([C@@H]2O[C@H](CN3CCN(Cc4ccccc4)CC3)[C@H](C)[C@H](c3ccc(CO)cc3)O2)cc1. The monoisotopic (exact) mass is 661 g/mol. The van der Waals surface area contributed by atoms with E-state index in [1.807, 2.05) is 30.3 Å². The highest BCUT2D eigenvalue weighted by atomic mass is 16.7. The fraction of sp³-hybridized carbons (Fsp3) is 0.341. The van der Waals surface area contributed by atoms with Crippen LogP contribution < -0.4 is 5.32 Å². The molecule has 8 nitrogen and oxygen atoms in total. The number of hydrogen-bond donors (Lipinski definition) is 2. The second-order valence-electron chi connectivity index (χ2n) is 12.9. The second-order valence-corrected chi connectivity index (χ2v) is 12.9. The van der Waals surface area contributed by atoms with E-state index in [4.69, 9.17) is 14.2 Å². The predicted molar refractivity (Wildman–Crippen MR) is 191 cm³/mol. The van der Waals surface area contributed by atoms with E-state index in [9.17, 15) is 9.90 Å². The quantitative estimate of drug-likeness (QED) is 0.161. The Bertz CT molecular complexity index is 1640. The zero-order valence-electron chi connectivity index (χ0n) is 28.2. The fourth-order valence-corrected chi connectivity index (χ4v) is 6.68. The largest absolute Gasteiger partial charge is 0.445 e. The van der Waals surface area contributed by atoms with Gasteiger partial charge in [0, 0.05) is 57.3 Å². The molecule has 0 aromatic heterocycles. The van der Waals surface area contributed by atoms with Gasteiger partial charge in [0.05, 0.1) is 18.8 Å². The maximum absolute atomic E-state index is 12.0. The molecule has 0 saturated carbocycles. The molecule has 0 radical (unpaired) electrons. The Kier molecular flexibility index (Phi) is 11.9. The van der Waals surface area contributed by atoms with Gasteiger partial charge in [-0.2, -0.15) is 0 Å². The number of alkyl carbamates (subject to hydrolysis) is 1. The average Bonchev–Trinajstić information content (AvgIpc) is 3.15. The number of amides is 1. The molecule has 2 aliphatic heterocycles. The molecule has 2 N–H and O–H groups in total. The Hall–Kier alpha value is -4.31. The Balaban J connectivity index is 1.16. The zero-order valence-corrected chi connectivity index (χ0v) is 28.2. The molecule has 0 spiro atoms. The summed E-state index contributed by atoms with van der Waals surface area (Å²) in [5.41, 5.74) is 7.32. The van der Waals surface area contributed by atoms with Gasteiger partial charge in [0.15, 0.2) is 6.29 Å². The van der Waals surface area contributed by atoms with Crippen molar-refractivity contribution in [1.82, 2.24) is 15.1 Å². The fourth-order valence-electron chi connectivity index (χ4n) is 6.68. The van der Waals surface area contributed by atoms with Crippen LogP contribution in [0.3, 0.4) is 0 Å². The van der Waals surface area contributed by atoms with Gasteiger partial charge in [-0.3, -0.25) is 9.80 Å². The molecule has 4 atom stereocenters. The summed E-state index contributed by atoms with van der Waals surface area (Å²) in [5.74, 6) is 0.121. The molecule has 2 aliphatic rings. The van der Waals surface area contributed by atoms with Crippen LogP contribution in [-0.4, -0.2) is 66.4 Å². The van der Waals surface area contributed by atoms with E-state index in [0.29, 0.717) is 6.54 Å². The van der Waals surface area contributed by atoms with Crippen LogP contribution >= 0.6 is 0 Å². The van der Waals surface area contributed by atoms with Crippen LogP contribution in [0, 0.1) is 5.92 Å². The lowest BCUT2D eigenvalue weighted by Crippen LogP contribution is -2.51. The zero-order chi connectivity index (χ0) is 34.0. The van der Waals surface area contributed by atoms with Crippen LogP contribution in [0.25, 0.3) is 11.1 Å².